The van der Waals surface area contributed by atoms with Crippen molar-refractivity contribution in [3.05, 3.63) is 242 Å². The Morgan fingerprint density at radius 3 is 0.881 bits per heavy atom. The second-order valence-electron chi connectivity index (χ2n) is 19.7. The highest BCUT2D eigenvalue weighted by Gasteiger charge is 2.19. The summed E-state index contributed by atoms with van der Waals surface area (Å²) in [5.41, 5.74) is 7.74. The Balaban J connectivity index is 0.000000140. The Morgan fingerprint density at radius 2 is 0.619 bits per heavy atom. The Hall–Kier alpha value is -11.2. The average molecular weight is 1120 g/mol. The van der Waals surface area contributed by atoms with Gasteiger partial charge in [-0.05, 0) is 149 Å². The van der Waals surface area contributed by atoms with E-state index in [1.807, 2.05) is 112 Å². The molecule has 9 heterocycles. The molecular weight excluding hydrogens is 1070 g/mol. The molecule has 0 aliphatic carbocycles. The number of aromatic nitrogens is 12. The monoisotopic (exact) mass is 1120 g/mol. The van der Waals surface area contributed by atoms with Crippen LogP contribution in [0.1, 0.15) is 33.4 Å². The number of hydrogen-bond acceptors (Lipinski definition) is 15. The van der Waals surface area contributed by atoms with E-state index >= 15 is 0 Å². The summed E-state index contributed by atoms with van der Waals surface area (Å²) in [6.45, 7) is 10.8. The first kappa shape index (κ1) is 56.1. The smallest absolute Gasteiger partial charge is 0.328 e. The number of pyridine rings is 6. The highest BCUT2D eigenvalue weighted by atomic mass is 16.5. The Labute approximate surface area is 477 Å². The van der Waals surface area contributed by atoms with E-state index in [0.717, 1.165) is 49.5 Å². The maximum Gasteiger partial charge on any atom is 0.328 e. The third kappa shape index (κ3) is 11.3. The fourth-order valence-corrected chi connectivity index (χ4v) is 9.74. The number of benzene rings is 3. The van der Waals surface area contributed by atoms with Crippen molar-refractivity contribution in [2.24, 2.45) is 21.1 Å². The largest absolute Gasteiger partial charge is 0.437 e. The molecule has 84 heavy (non-hydrogen) atoms. The van der Waals surface area contributed by atoms with Gasteiger partial charge in [-0.3, -0.25) is 58.0 Å². The molecule has 0 radical (unpaired) electrons. The summed E-state index contributed by atoms with van der Waals surface area (Å²) in [5, 5.41) is 2.82. The molecule has 0 spiro atoms. The van der Waals surface area contributed by atoms with E-state index in [-0.39, 0.29) is 16.7 Å². The van der Waals surface area contributed by atoms with Crippen molar-refractivity contribution < 1.29 is 14.2 Å². The van der Waals surface area contributed by atoms with Gasteiger partial charge in [-0.1, -0.05) is 18.2 Å². The number of ether oxygens (including phenoxy) is 3. The number of hydrogen-bond donors (Lipinski definition) is 3. The first-order valence-electron chi connectivity index (χ1n) is 26.2. The van der Waals surface area contributed by atoms with Gasteiger partial charge in [-0.2, -0.15) is 0 Å². The molecule has 420 valence electrons. The van der Waals surface area contributed by atoms with Crippen LogP contribution in [0.3, 0.4) is 0 Å². The third-order valence-electron chi connectivity index (χ3n) is 14.1. The Bertz CT molecular complexity index is 4340. The normalized spacial score (nSPS) is 11.0. The zero-order chi connectivity index (χ0) is 59.5. The van der Waals surface area contributed by atoms with Crippen LogP contribution in [-0.2, 0) is 21.1 Å². The summed E-state index contributed by atoms with van der Waals surface area (Å²) in [6, 6.07) is 33.5. The van der Waals surface area contributed by atoms with Gasteiger partial charge in [0.1, 0.15) is 33.8 Å². The zero-order valence-electron chi connectivity index (χ0n) is 47.1. The molecule has 0 aliphatic heterocycles. The molecule has 0 aliphatic rings. The van der Waals surface area contributed by atoms with Gasteiger partial charge in [0.2, 0.25) is 17.6 Å². The highest BCUT2D eigenvalue weighted by Crippen LogP contribution is 2.34. The molecular formula is C63H54N12O9. The molecule has 0 amide bonds. The zero-order valence-corrected chi connectivity index (χ0v) is 47.1. The molecule has 0 atom stereocenters. The summed E-state index contributed by atoms with van der Waals surface area (Å²) >= 11 is 0. The lowest BCUT2D eigenvalue weighted by atomic mass is 10.0. The predicted molar refractivity (Wildman–Crippen MR) is 320 cm³/mol. The molecule has 21 nitrogen and oxygen atoms in total. The van der Waals surface area contributed by atoms with Crippen molar-refractivity contribution in [1.29, 1.82) is 0 Å². The molecule has 21 heteroatoms. The van der Waals surface area contributed by atoms with Gasteiger partial charge in [-0.25, -0.2) is 29.3 Å². The van der Waals surface area contributed by atoms with Crippen LogP contribution in [0.15, 0.2) is 175 Å². The van der Waals surface area contributed by atoms with Crippen LogP contribution in [0.25, 0.3) is 66.5 Å². The van der Waals surface area contributed by atoms with Gasteiger partial charge in [0.05, 0.1) is 17.1 Å². The van der Waals surface area contributed by atoms with E-state index in [0.29, 0.717) is 85.2 Å². The Kier molecular flexibility index (Phi) is 15.7. The van der Waals surface area contributed by atoms with Gasteiger partial charge in [0.25, 0.3) is 16.7 Å². The van der Waals surface area contributed by atoms with Crippen molar-refractivity contribution in [2.75, 3.05) is 0 Å². The first-order valence-corrected chi connectivity index (χ1v) is 26.2. The summed E-state index contributed by atoms with van der Waals surface area (Å²) < 4.78 is 22.2. The number of rotatable bonds is 9. The third-order valence-corrected chi connectivity index (χ3v) is 14.1. The SMILES string of the molecule is Cc1cc(Oc2nccc3cccnc23)ccc1-c1c(C)c(=O)[nH]c(=O)n1C.Cc1cc(Oc2nccc3cccnc23)ccc1-c1c(C)c(=O)[nH]c(=O)n1C.Cc1cc(Oc2nccc3cccnc23)ccc1-c1c(C)c(=O)[nH]c(=O)n1C. The van der Waals surface area contributed by atoms with Crippen molar-refractivity contribution in [1.82, 2.24) is 58.6 Å². The fraction of sp³-hybridized carbons (Fsp3) is 0.143. The lowest BCUT2D eigenvalue weighted by Gasteiger charge is -2.14. The van der Waals surface area contributed by atoms with Crippen molar-refractivity contribution in [3.8, 4) is 68.7 Å². The topological polar surface area (TPSA) is 270 Å². The van der Waals surface area contributed by atoms with E-state index in [1.54, 1.807) is 97.3 Å². The van der Waals surface area contributed by atoms with Crippen molar-refractivity contribution >= 4 is 32.7 Å². The maximum absolute atomic E-state index is 12.0. The molecule has 0 fully saturated rings. The predicted octanol–water partition coefficient (Wildman–Crippen LogP) is 9.28. The van der Waals surface area contributed by atoms with Crippen LogP contribution in [0, 0.1) is 41.5 Å². The molecule has 12 aromatic rings. The van der Waals surface area contributed by atoms with Gasteiger partial charge in [-0.15, -0.1) is 0 Å². The van der Waals surface area contributed by atoms with E-state index in [4.69, 9.17) is 14.2 Å². The molecule has 3 aromatic carbocycles. The molecule has 0 saturated heterocycles. The standard InChI is InChI=1S/3C21H18N4O3/c3*1-12-11-15(28-20-17-14(8-10-23-20)5-4-9-22-17)6-7-16(12)18-13(2)19(26)24-21(27)25(18)3/h3*4-11H,1-3H3,(H,24,26,27). The second-order valence-corrected chi connectivity index (χ2v) is 19.7. The lowest BCUT2D eigenvalue weighted by molar-refractivity contribution is 0.467. The van der Waals surface area contributed by atoms with Crippen molar-refractivity contribution in [2.45, 2.75) is 41.5 Å². The Morgan fingerprint density at radius 1 is 0.345 bits per heavy atom. The highest BCUT2D eigenvalue weighted by molar-refractivity contribution is 5.84. The van der Waals surface area contributed by atoms with Gasteiger partial charge in [0, 0.05) is 108 Å². The number of fused-ring (bicyclic) bond motifs is 3. The van der Waals surface area contributed by atoms with E-state index in [2.05, 4.69) is 44.9 Å². The molecule has 12 rings (SSSR count). The van der Waals surface area contributed by atoms with Gasteiger partial charge >= 0.3 is 17.1 Å². The molecule has 0 bridgehead atoms. The number of nitrogens with zero attached hydrogens (tertiary/aromatic N) is 9. The van der Waals surface area contributed by atoms with Crippen LogP contribution in [0.2, 0.25) is 0 Å². The average Bonchev–Trinajstić information content (AvgIpc) is 2.70. The second kappa shape index (κ2) is 23.5. The molecule has 3 N–H and O–H groups in total. The number of nitrogens with one attached hydrogen (secondary N) is 3. The molecule has 0 saturated carbocycles. The minimum Gasteiger partial charge on any atom is -0.437 e. The van der Waals surface area contributed by atoms with Crippen molar-refractivity contribution in [3.63, 3.8) is 0 Å². The maximum atomic E-state index is 12.0. The van der Waals surface area contributed by atoms with E-state index in [9.17, 15) is 28.8 Å². The van der Waals surface area contributed by atoms with Gasteiger partial charge in [0.15, 0.2) is 0 Å². The fourth-order valence-electron chi connectivity index (χ4n) is 9.74. The van der Waals surface area contributed by atoms with Gasteiger partial charge < -0.3 is 14.2 Å². The summed E-state index contributed by atoms with van der Waals surface area (Å²) in [4.78, 5) is 105. The summed E-state index contributed by atoms with van der Waals surface area (Å²) in [7, 11) is 4.91. The minimum atomic E-state index is -0.448. The van der Waals surface area contributed by atoms with Crippen LogP contribution in [0.5, 0.6) is 34.9 Å². The molecule has 0 unspecified atom stereocenters. The first-order chi connectivity index (χ1) is 40.4. The summed E-state index contributed by atoms with van der Waals surface area (Å²) in [5.74, 6) is 3.05. The number of H-pyrrole nitrogens is 3. The van der Waals surface area contributed by atoms with Crippen LogP contribution >= 0.6 is 0 Å². The quantitative estimate of drug-likeness (QED) is 0.121. The number of aromatic amines is 3. The minimum absolute atomic E-state index is 0.385. The van der Waals surface area contributed by atoms with Crippen LogP contribution < -0.4 is 48.0 Å². The number of aryl methyl sites for hydroxylation is 3. The molecule has 9 aromatic heterocycles. The lowest BCUT2D eigenvalue weighted by Crippen LogP contribution is -2.31. The van der Waals surface area contributed by atoms with E-state index < -0.39 is 17.1 Å². The van der Waals surface area contributed by atoms with Crippen LogP contribution in [0.4, 0.5) is 0 Å². The summed E-state index contributed by atoms with van der Waals surface area (Å²) in [6.07, 6.45) is 10.1. The van der Waals surface area contributed by atoms with Crippen LogP contribution in [-0.4, -0.2) is 58.6 Å². The van der Waals surface area contributed by atoms with E-state index in [1.165, 1.54) is 13.7 Å².